The Labute approximate surface area is 82.7 Å². The second-order valence-corrected chi connectivity index (χ2v) is 2.80. The van der Waals surface area contributed by atoms with E-state index in [1.807, 2.05) is 6.92 Å². The molecule has 0 radical (unpaired) electrons. The number of carbonyl (C=O) groups is 1. The largest absolute Gasteiger partial charge is 0.353 e. The van der Waals surface area contributed by atoms with Crippen LogP contribution in [0.1, 0.15) is 6.92 Å². The molecule has 0 fully saturated rings. The number of rotatable bonds is 6. The highest BCUT2D eigenvalue weighted by Gasteiger charge is 2.01. The molecule has 0 spiro atoms. The Morgan fingerprint density at radius 3 is 3.00 bits per heavy atom. The lowest BCUT2D eigenvalue weighted by Crippen LogP contribution is -2.34. The maximum absolute atomic E-state index is 11.2. The van der Waals surface area contributed by atoms with Gasteiger partial charge in [-0.3, -0.25) is 4.79 Å². The topological polar surface area (TPSA) is 71.8 Å². The Balaban J connectivity index is 2.11. The highest BCUT2D eigenvalue weighted by Crippen LogP contribution is 1.80. The maximum Gasteiger partial charge on any atom is 0.241 e. The van der Waals surface area contributed by atoms with Gasteiger partial charge >= 0.3 is 0 Å². The third kappa shape index (κ3) is 3.99. The van der Waals surface area contributed by atoms with Gasteiger partial charge in [0, 0.05) is 19.3 Å². The Morgan fingerprint density at radius 2 is 2.36 bits per heavy atom. The molecular weight excluding hydrogens is 182 g/mol. The molecule has 1 amide bonds. The molecule has 14 heavy (non-hydrogen) atoms. The molecule has 1 aromatic rings. The zero-order valence-corrected chi connectivity index (χ0v) is 8.23. The fraction of sp³-hybridized carbons (Fsp3) is 0.625. The first-order valence-electron chi connectivity index (χ1n) is 4.64. The Morgan fingerprint density at radius 1 is 1.50 bits per heavy atom. The molecule has 1 aromatic heterocycles. The highest BCUT2D eigenvalue weighted by molar-refractivity contribution is 5.75. The molecule has 0 aliphatic carbocycles. The van der Waals surface area contributed by atoms with Crippen LogP contribution in [0.3, 0.4) is 0 Å². The van der Waals surface area contributed by atoms with Crippen molar-refractivity contribution in [2.45, 2.75) is 13.5 Å². The van der Waals surface area contributed by atoms with Crippen molar-refractivity contribution >= 4 is 5.91 Å². The van der Waals surface area contributed by atoms with Gasteiger partial charge in [0.25, 0.3) is 0 Å². The van der Waals surface area contributed by atoms with E-state index in [2.05, 4.69) is 20.9 Å². The van der Waals surface area contributed by atoms with E-state index >= 15 is 0 Å². The van der Waals surface area contributed by atoms with Crippen molar-refractivity contribution in [1.82, 2.24) is 25.6 Å². The first-order chi connectivity index (χ1) is 6.83. The van der Waals surface area contributed by atoms with Crippen molar-refractivity contribution in [3.8, 4) is 0 Å². The van der Waals surface area contributed by atoms with Gasteiger partial charge in [0.05, 0.1) is 6.20 Å². The lowest BCUT2D eigenvalue weighted by Gasteiger charge is -2.04. The van der Waals surface area contributed by atoms with Crippen LogP contribution in [0, 0.1) is 0 Å². The van der Waals surface area contributed by atoms with Crippen LogP contribution in [0.15, 0.2) is 12.4 Å². The summed E-state index contributed by atoms with van der Waals surface area (Å²) in [5.41, 5.74) is 0. The fourth-order valence-electron chi connectivity index (χ4n) is 0.987. The molecule has 0 bridgehead atoms. The summed E-state index contributed by atoms with van der Waals surface area (Å²) in [7, 11) is 0. The molecule has 2 N–H and O–H groups in total. The quantitative estimate of drug-likeness (QED) is 0.574. The van der Waals surface area contributed by atoms with Crippen LogP contribution in [0.4, 0.5) is 0 Å². The van der Waals surface area contributed by atoms with Gasteiger partial charge < -0.3 is 10.6 Å². The summed E-state index contributed by atoms with van der Waals surface area (Å²) in [6.07, 6.45) is 3.20. The molecule has 0 unspecified atom stereocenters. The number of likely N-dealkylation sites (N-methyl/N-ethyl adjacent to an activating group) is 1. The van der Waals surface area contributed by atoms with Crippen LogP contribution in [0.5, 0.6) is 0 Å². The molecular formula is C8H15N5O. The summed E-state index contributed by atoms with van der Waals surface area (Å²) >= 11 is 0. The Kier molecular flexibility index (Phi) is 4.63. The van der Waals surface area contributed by atoms with Crippen LogP contribution in [-0.2, 0) is 11.3 Å². The lowest BCUT2D eigenvalue weighted by atomic mass is 10.5. The van der Waals surface area contributed by atoms with Crippen molar-refractivity contribution in [2.75, 3.05) is 19.6 Å². The van der Waals surface area contributed by atoms with Gasteiger partial charge in [-0.1, -0.05) is 12.1 Å². The number of hydrogen-bond donors (Lipinski definition) is 2. The average Bonchev–Trinajstić information content (AvgIpc) is 2.65. The third-order valence-electron chi connectivity index (χ3n) is 1.65. The van der Waals surface area contributed by atoms with Crippen LogP contribution >= 0.6 is 0 Å². The van der Waals surface area contributed by atoms with E-state index in [-0.39, 0.29) is 12.5 Å². The summed E-state index contributed by atoms with van der Waals surface area (Å²) in [6.45, 7) is 4.60. The molecule has 0 aliphatic rings. The van der Waals surface area contributed by atoms with E-state index in [9.17, 15) is 4.79 Å². The summed E-state index contributed by atoms with van der Waals surface area (Å²) in [4.78, 5) is 11.2. The molecule has 1 rings (SSSR count). The molecule has 0 saturated heterocycles. The standard InChI is InChI=1S/C8H15N5O/c1-2-9-3-4-10-8(14)7-13-6-5-11-12-13/h5-6,9H,2-4,7H2,1H3,(H,10,14). The fourth-order valence-corrected chi connectivity index (χ4v) is 0.987. The van der Waals surface area contributed by atoms with Crippen molar-refractivity contribution < 1.29 is 4.79 Å². The highest BCUT2D eigenvalue weighted by atomic mass is 16.2. The normalized spacial score (nSPS) is 10.1. The number of aromatic nitrogens is 3. The minimum Gasteiger partial charge on any atom is -0.353 e. The van der Waals surface area contributed by atoms with Crippen LogP contribution in [-0.4, -0.2) is 40.5 Å². The Bertz CT molecular complexity index is 259. The minimum absolute atomic E-state index is 0.0478. The number of carbonyl (C=O) groups excluding carboxylic acids is 1. The van der Waals surface area contributed by atoms with Crippen molar-refractivity contribution in [3.63, 3.8) is 0 Å². The number of nitrogens with zero attached hydrogens (tertiary/aromatic N) is 3. The van der Waals surface area contributed by atoms with E-state index in [0.717, 1.165) is 13.1 Å². The van der Waals surface area contributed by atoms with Crippen LogP contribution < -0.4 is 10.6 Å². The van der Waals surface area contributed by atoms with Gasteiger partial charge in [-0.05, 0) is 6.54 Å². The van der Waals surface area contributed by atoms with Crippen molar-refractivity contribution in [3.05, 3.63) is 12.4 Å². The summed E-state index contributed by atoms with van der Waals surface area (Å²) < 4.78 is 1.49. The zero-order chi connectivity index (χ0) is 10.2. The number of nitrogens with one attached hydrogen (secondary N) is 2. The van der Waals surface area contributed by atoms with E-state index in [1.165, 1.54) is 4.68 Å². The van der Waals surface area contributed by atoms with E-state index in [0.29, 0.717) is 6.54 Å². The summed E-state index contributed by atoms with van der Waals surface area (Å²) in [5, 5.41) is 13.2. The van der Waals surface area contributed by atoms with Crippen LogP contribution in [0.2, 0.25) is 0 Å². The summed E-state index contributed by atoms with van der Waals surface area (Å²) in [6, 6.07) is 0. The molecule has 0 saturated carbocycles. The van der Waals surface area contributed by atoms with Gasteiger partial charge in [0.15, 0.2) is 0 Å². The first kappa shape index (κ1) is 10.6. The minimum atomic E-state index is -0.0478. The Hall–Kier alpha value is -1.43. The molecule has 78 valence electrons. The number of amides is 1. The van der Waals surface area contributed by atoms with Gasteiger partial charge in [-0.15, -0.1) is 5.10 Å². The molecule has 0 aliphatic heterocycles. The predicted molar refractivity (Wildman–Crippen MR) is 51.6 cm³/mol. The smallest absolute Gasteiger partial charge is 0.241 e. The molecule has 1 heterocycles. The van der Waals surface area contributed by atoms with Gasteiger partial charge in [-0.2, -0.15) is 0 Å². The van der Waals surface area contributed by atoms with Crippen LogP contribution in [0.25, 0.3) is 0 Å². The zero-order valence-electron chi connectivity index (χ0n) is 8.23. The van der Waals surface area contributed by atoms with Gasteiger partial charge in [-0.25, -0.2) is 4.68 Å². The van der Waals surface area contributed by atoms with Gasteiger partial charge in [0.2, 0.25) is 5.91 Å². The molecule has 0 aromatic carbocycles. The van der Waals surface area contributed by atoms with Gasteiger partial charge in [0.1, 0.15) is 6.54 Å². The molecule has 6 nitrogen and oxygen atoms in total. The molecule has 0 atom stereocenters. The molecule has 6 heteroatoms. The first-order valence-corrected chi connectivity index (χ1v) is 4.64. The van der Waals surface area contributed by atoms with E-state index in [4.69, 9.17) is 0 Å². The average molecular weight is 197 g/mol. The number of hydrogen-bond acceptors (Lipinski definition) is 4. The third-order valence-corrected chi connectivity index (χ3v) is 1.65. The SMILES string of the molecule is CCNCCNC(=O)Cn1ccnn1. The monoisotopic (exact) mass is 197 g/mol. The van der Waals surface area contributed by atoms with E-state index in [1.54, 1.807) is 12.4 Å². The lowest BCUT2D eigenvalue weighted by molar-refractivity contribution is -0.121. The van der Waals surface area contributed by atoms with Crippen molar-refractivity contribution in [1.29, 1.82) is 0 Å². The second-order valence-electron chi connectivity index (χ2n) is 2.80. The van der Waals surface area contributed by atoms with E-state index < -0.39 is 0 Å². The second kappa shape index (κ2) is 6.09. The predicted octanol–water partition coefficient (Wildman–Crippen LogP) is -0.996. The summed E-state index contributed by atoms with van der Waals surface area (Å²) in [5.74, 6) is -0.0478. The van der Waals surface area contributed by atoms with Crippen molar-refractivity contribution in [2.24, 2.45) is 0 Å². The maximum atomic E-state index is 11.2.